The number of carbonyl (C=O) groups is 1. The van der Waals surface area contributed by atoms with E-state index in [1.165, 1.54) is 15.5 Å². The molecule has 0 atom stereocenters. The first kappa shape index (κ1) is 20.2. The summed E-state index contributed by atoms with van der Waals surface area (Å²) in [4.78, 5) is 40.9. The molecule has 1 heterocycles. The van der Waals surface area contributed by atoms with Crippen molar-refractivity contribution in [1.82, 2.24) is 9.55 Å². The van der Waals surface area contributed by atoms with Crippen LogP contribution in [-0.2, 0) is 11.3 Å². The third-order valence-corrected chi connectivity index (χ3v) is 4.15. The zero-order valence-electron chi connectivity index (χ0n) is 15.8. The Morgan fingerprint density at radius 2 is 1.89 bits per heavy atom. The minimum atomic E-state index is -0.653. The number of unbranched alkanes of at least 4 members (excludes halogenated alkanes) is 1. The molecule has 0 saturated heterocycles. The zero-order chi connectivity index (χ0) is 19.8. The number of carbonyl (C=O) groups excluding carboxylic acids is 1. The molecule has 144 valence electrons. The summed E-state index contributed by atoms with van der Waals surface area (Å²) in [6.45, 7) is 4.60. The average Bonchev–Trinajstić information content (AvgIpc) is 2.66. The van der Waals surface area contributed by atoms with Crippen LogP contribution < -0.4 is 21.9 Å². The molecule has 3 N–H and O–H groups in total. The minimum Gasteiger partial charge on any atom is -0.383 e. The second-order valence-corrected chi connectivity index (χ2v) is 6.23. The Labute approximate surface area is 158 Å². The second-order valence-electron chi connectivity index (χ2n) is 6.23. The molecule has 2 rings (SSSR count). The standard InChI is InChI=1S/C20H26N4O3/c1-3-5-14-24-18(21)17(19(26)22-20(24)27)23(13-4-2)16(25)12-11-15-9-7-6-8-10-15/h6-12H,3-5,13-14,21H2,1-2H3,(H,22,26,27)/b12-11+. The highest BCUT2D eigenvalue weighted by Gasteiger charge is 2.22. The maximum atomic E-state index is 12.8. The lowest BCUT2D eigenvalue weighted by molar-refractivity contribution is -0.114. The Hall–Kier alpha value is -3.09. The van der Waals surface area contributed by atoms with Crippen molar-refractivity contribution >= 4 is 23.5 Å². The van der Waals surface area contributed by atoms with Crippen LogP contribution >= 0.6 is 0 Å². The predicted octanol–water partition coefficient (Wildman–Crippen LogP) is 2.38. The van der Waals surface area contributed by atoms with Gasteiger partial charge >= 0.3 is 5.69 Å². The average molecular weight is 370 g/mol. The molecule has 0 bridgehead atoms. The van der Waals surface area contributed by atoms with Crippen LogP contribution in [0.5, 0.6) is 0 Å². The number of amides is 1. The lowest BCUT2D eigenvalue weighted by atomic mass is 10.2. The molecular formula is C20H26N4O3. The van der Waals surface area contributed by atoms with Gasteiger partial charge in [0.25, 0.3) is 11.5 Å². The molecular weight excluding hydrogens is 344 g/mol. The molecule has 0 radical (unpaired) electrons. The van der Waals surface area contributed by atoms with Gasteiger partial charge in [-0.15, -0.1) is 0 Å². The molecule has 0 fully saturated rings. The van der Waals surface area contributed by atoms with Gasteiger partial charge in [0, 0.05) is 19.2 Å². The number of nitrogens with one attached hydrogen (secondary N) is 1. The van der Waals surface area contributed by atoms with Gasteiger partial charge in [-0.25, -0.2) is 4.79 Å². The maximum Gasteiger partial charge on any atom is 0.330 e. The van der Waals surface area contributed by atoms with Crippen molar-refractivity contribution < 1.29 is 4.79 Å². The lowest BCUT2D eigenvalue weighted by Gasteiger charge is -2.23. The number of aromatic amines is 1. The van der Waals surface area contributed by atoms with Gasteiger partial charge in [0.2, 0.25) is 0 Å². The molecule has 0 aliphatic rings. The van der Waals surface area contributed by atoms with Crippen molar-refractivity contribution in [2.24, 2.45) is 0 Å². The third-order valence-electron chi connectivity index (χ3n) is 4.15. The van der Waals surface area contributed by atoms with Crippen molar-refractivity contribution in [3.8, 4) is 0 Å². The van der Waals surface area contributed by atoms with Gasteiger partial charge < -0.3 is 10.6 Å². The van der Waals surface area contributed by atoms with E-state index in [0.29, 0.717) is 19.5 Å². The first-order valence-electron chi connectivity index (χ1n) is 9.16. The van der Waals surface area contributed by atoms with Crippen LogP contribution in [-0.4, -0.2) is 22.0 Å². The van der Waals surface area contributed by atoms with Crippen LogP contribution in [0.4, 0.5) is 11.5 Å². The largest absolute Gasteiger partial charge is 0.383 e. The molecule has 1 aromatic carbocycles. The summed E-state index contributed by atoms with van der Waals surface area (Å²) in [5.74, 6) is -0.342. The molecule has 1 amide bonds. The number of nitrogens with two attached hydrogens (primary N) is 1. The van der Waals surface area contributed by atoms with Crippen molar-refractivity contribution in [3.05, 3.63) is 62.8 Å². The number of aromatic nitrogens is 2. The number of nitrogen functional groups attached to an aromatic ring is 1. The van der Waals surface area contributed by atoms with Crippen LogP contribution in [0.2, 0.25) is 0 Å². The number of benzene rings is 1. The fourth-order valence-corrected chi connectivity index (χ4v) is 2.75. The Balaban J connectivity index is 2.43. The first-order chi connectivity index (χ1) is 13.0. The fraction of sp³-hybridized carbons (Fsp3) is 0.350. The maximum absolute atomic E-state index is 12.8. The molecule has 0 saturated carbocycles. The SMILES string of the molecule is CCCCn1c(N)c(N(CCC)C(=O)/C=C/c2ccccc2)c(=O)[nH]c1=O. The normalized spacial score (nSPS) is 11.0. The number of hydrogen-bond acceptors (Lipinski definition) is 4. The number of hydrogen-bond donors (Lipinski definition) is 2. The van der Waals surface area contributed by atoms with E-state index in [1.807, 2.05) is 44.2 Å². The van der Waals surface area contributed by atoms with Gasteiger partial charge in [0.15, 0.2) is 5.69 Å². The summed E-state index contributed by atoms with van der Waals surface area (Å²) in [5, 5.41) is 0. The topological polar surface area (TPSA) is 101 Å². The first-order valence-corrected chi connectivity index (χ1v) is 9.16. The van der Waals surface area contributed by atoms with Crippen molar-refractivity contribution in [2.45, 2.75) is 39.7 Å². The van der Waals surface area contributed by atoms with E-state index in [9.17, 15) is 14.4 Å². The molecule has 1 aromatic heterocycles. The van der Waals surface area contributed by atoms with Crippen LogP contribution in [0.1, 0.15) is 38.7 Å². The zero-order valence-corrected chi connectivity index (χ0v) is 15.8. The van der Waals surface area contributed by atoms with Gasteiger partial charge in [-0.2, -0.15) is 0 Å². The summed E-state index contributed by atoms with van der Waals surface area (Å²) >= 11 is 0. The molecule has 0 aliphatic carbocycles. The quantitative estimate of drug-likeness (QED) is 0.697. The van der Waals surface area contributed by atoms with E-state index in [-0.39, 0.29) is 17.4 Å². The molecule has 7 heteroatoms. The second kappa shape index (κ2) is 9.56. The lowest BCUT2D eigenvalue weighted by Crippen LogP contribution is -2.41. The summed E-state index contributed by atoms with van der Waals surface area (Å²) in [5.41, 5.74) is 5.81. The molecule has 27 heavy (non-hydrogen) atoms. The highest BCUT2D eigenvalue weighted by atomic mass is 16.2. The summed E-state index contributed by atoms with van der Waals surface area (Å²) in [6.07, 6.45) is 5.34. The minimum absolute atomic E-state index is 0.0205. The monoisotopic (exact) mass is 370 g/mol. The van der Waals surface area contributed by atoms with Crippen molar-refractivity contribution in [1.29, 1.82) is 0 Å². The number of anilines is 2. The fourth-order valence-electron chi connectivity index (χ4n) is 2.75. The summed E-state index contributed by atoms with van der Waals surface area (Å²) in [6, 6.07) is 9.39. The predicted molar refractivity (Wildman–Crippen MR) is 109 cm³/mol. The van der Waals surface area contributed by atoms with Crippen molar-refractivity contribution in [2.75, 3.05) is 17.2 Å². The molecule has 2 aromatic rings. The van der Waals surface area contributed by atoms with E-state index < -0.39 is 11.2 Å². The molecule has 0 spiro atoms. The Bertz CT molecular complexity index is 913. The number of rotatable bonds is 8. The van der Waals surface area contributed by atoms with Crippen LogP contribution in [0.3, 0.4) is 0 Å². The Morgan fingerprint density at radius 1 is 1.19 bits per heavy atom. The Kier molecular flexibility index (Phi) is 7.16. The van der Waals surface area contributed by atoms with Crippen LogP contribution in [0.15, 0.2) is 46.0 Å². The smallest absolute Gasteiger partial charge is 0.330 e. The summed E-state index contributed by atoms with van der Waals surface area (Å²) in [7, 11) is 0. The van der Waals surface area contributed by atoms with Gasteiger partial charge in [0.1, 0.15) is 5.82 Å². The van der Waals surface area contributed by atoms with Gasteiger partial charge in [-0.3, -0.25) is 19.1 Å². The highest BCUT2D eigenvalue weighted by Crippen LogP contribution is 2.18. The van der Waals surface area contributed by atoms with E-state index in [4.69, 9.17) is 5.73 Å². The van der Waals surface area contributed by atoms with Crippen LogP contribution in [0.25, 0.3) is 6.08 Å². The van der Waals surface area contributed by atoms with Crippen molar-refractivity contribution in [3.63, 3.8) is 0 Å². The van der Waals surface area contributed by atoms with Gasteiger partial charge in [0.05, 0.1) is 0 Å². The molecule has 0 unspecified atom stereocenters. The van der Waals surface area contributed by atoms with E-state index in [2.05, 4.69) is 4.98 Å². The summed E-state index contributed by atoms with van der Waals surface area (Å²) < 4.78 is 1.32. The van der Waals surface area contributed by atoms with Crippen LogP contribution in [0, 0.1) is 0 Å². The number of H-pyrrole nitrogens is 1. The highest BCUT2D eigenvalue weighted by molar-refractivity contribution is 6.05. The van der Waals surface area contributed by atoms with E-state index >= 15 is 0 Å². The van der Waals surface area contributed by atoms with E-state index in [1.54, 1.807) is 6.08 Å². The van der Waals surface area contributed by atoms with Gasteiger partial charge in [-0.1, -0.05) is 50.6 Å². The number of nitrogens with zero attached hydrogens (tertiary/aromatic N) is 2. The molecule has 0 aliphatic heterocycles. The molecule has 7 nitrogen and oxygen atoms in total. The van der Waals surface area contributed by atoms with E-state index in [0.717, 1.165) is 18.4 Å². The third kappa shape index (κ3) is 4.97. The van der Waals surface area contributed by atoms with Gasteiger partial charge in [-0.05, 0) is 24.5 Å². The Morgan fingerprint density at radius 3 is 2.52 bits per heavy atom.